The van der Waals surface area contributed by atoms with Gasteiger partial charge in [-0.3, -0.25) is 4.79 Å². The summed E-state index contributed by atoms with van der Waals surface area (Å²) in [6, 6.07) is 5.54. The molecule has 0 aliphatic carbocycles. The molecule has 2 N–H and O–H groups in total. The number of methoxy groups -OCH3 is 5. The van der Waals surface area contributed by atoms with Gasteiger partial charge in [0.2, 0.25) is 15.9 Å². The van der Waals surface area contributed by atoms with Crippen molar-refractivity contribution in [2.75, 3.05) is 40.9 Å². The third kappa shape index (κ3) is 5.84. The predicted molar refractivity (Wildman–Crippen MR) is 119 cm³/mol. The second kappa shape index (κ2) is 10.9. The number of carbonyl (C=O) groups excluding carboxylic acids is 2. The van der Waals surface area contributed by atoms with Crippen LogP contribution in [0.1, 0.15) is 17.3 Å². The van der Waals surface area contributed by atoms with Crippen LogP contribution in [0.15, 0.2) is 35.2 Å². The van der Waals surface area contributed by atoms with E-state index in [4.69, 9.17) is 23.7 Å². The molecule has 0 aliphatic rings. The Kier molecular flexibility index (Phi) is 8.49. The lowest BCUT2D eigenvalue weighted by molar-refractivity contribution is -0.117. The maximum atomic E-state index is 12.8. The van der Waals surface area contributed by atoms with Crippen LogP contribution in [0.3, 0.4) is 0 Å². The molecule has 0 radical (unpaired) electrons. The van der Waals surface area contributed by atoms with E-state index >= 15 is 0 Å². The zero-order valence-corrected chi connectivity index (χ0v) is 19.9. The van der Waals surface area contributed by atoms with Gasteiger partial charge in [0, 0.05) is 18.2 Å². The Bertz CT molecular complexity index is 1130. The number of rotatable bonds is 10. The van der Waals surface area contributed by atoms with E-state index in [0.29, 0.717) is 5.75 Å². The fourth-order valence-electron chi connectivity index (χ4n) is 2.84. The summed E-state index contributed by atoms with van der Waals surface area (Å²) >= 11 is 0. The van der Waals surface area contributed by atoms with E-state index in [2.05, 4.69) is 10.0 Å². The summed E-state index contributed by atoms with van der Waals surface area (Å²) in [7, 11) is 2.67. The van der Waals surface area contributed by atoms with Crippen LogP contribution in [0.2, 0.25) is 0 Å². The van der Waals surface area contributed by atoms with Crippen LogP contribution in [0.4, 0.5) is 5.69 Å². The summed E-state index contributed by atoms with van der Waals surface area (Å²) in [5.41, 5.74) is 0.0557. The van der Waals surface area contributed by atoms with Gasteiger partial charge in [-0.1, -0.05) is 0 Å². The highest BCUT2D eigenvalue weighted by atomic mass is 32.2. The molecule has 0 bridgehead atoms. The monoisotopic (exact) mass is 482 g/mol. The molecule has 0 saturated heterocycles. The summed E-state index contributed by atoms with van der Waals surface area (Å²) < 4.78 is 53.2. The fourth-order valence-corrected chi connectivity index (χ4v) is 4.06. The van der Waals surface area contributed by atoms with Crippen LogP contribution >= 0.6 is 0 Å². The van der Waals surface area contributed by atoms with E-state index in [1.807, 2.05) is 0 Å². The van der Waals surface area contributed by atoms with Crippen molar-refractivity contribution in [3.05, 3.63) is 35.9 Å². The van der Waals surface area contributed by atoms with Crippen LogP contribution in [-0.2, 0) is 19.6 Å². The van der Waals surface area contributed by atoms with Gasteiger partial charge in [0.15, 0.2) is 23.0 Å². The van der Waals surface area contributed by atoms with Crippen molar-refractivity contribution < 1.29 is 41.7 Å². The first-order valence-electron chi connectivity index (χ1n) is 9.51. The van der Waals surface area contributed by atoms with E-state index in [0.717, 1.165) is 0 Å². The van der Waals surface area contributed by atoms with Crippen molar-refractivity contribution in [2.24, 2.45) is 0 Å². The first kappa shape index (κ1) is 25.7. The fraction of sp³-hybridized carbons (Fsp3) is 0.333. The molecule has 2 aromatic rings. The first-order valence-corrected chi connectivity index (χ1v) is 11.0. The molecular formula is C21H26N2O9S. The van der Waals surface area contributed by atoms with Gasteiger partial charge in [0.05, 0.1) is 57.7 Å². The average Bonchev–Trinajstić information content (AvgIpc) is 2.82. The van der Waals surface area contributed by atoms with Gasteiger partial charge < -0.3 is 29.0 Å². The van der Waals surface area contributed by atoms with Gasteiger partial charge in [0.1, 0.15) is 0 Å². The molecule has 0 fully saturated rings. The van der Waals surface area contributed by atoms with Crippen LogP contribution in [0, 0.1) is 0 Å². The van der Waals surface area contributed by atoms with Crippen LogP contribution in [0.25, 0.3) is 0 Å². The zero-order chi connectivity index (χ0) is 24.8. The zero-order valence-electron chi connectivity index (χ0n) is 19.0. The molecule has 0 aromatic heterocycles. The Hall–Kier alpha value is -3.51. The molecule has 33 heavy (non-hydrogen) atoms. The number of amides is 1. The van der Waals surface area contributed by atoms with Crippen molar-refractivity contribution in [1.82, 2.24) is 4.72 Å². The Labute approximate surface area is 192 Å². The smallest absolute Gasteiger partial charge is 0.340 e. The van der Waals surface area contributed by atoms with Crippen molar-refractivity contribution >= 4 is 27.6 Å². The van der Waals surface area contributed by atoms with Gasteiger partial charge in [-0.25, -0.2) is 13.2 Å². The molecule has 2 rings (SSSR count). The highest BCUT2D eigenvalue weighted by Crippen LogP contribution is 2.34. The number of nitrogens with one attached hydrogen (secondary N) is 2. The second-order valence-electron chi connectivity index (χ2n) is 6.59. The van der Waals surface area contributed by atoms with E-state index in [9.17, 15) is 18.0 Å². The van der Waals surface area contributed by atoms with Crippen LogP contribution in [0.5, 0.6) is 23.0 Å². The molecule has 0 unspecified atom stereocenters. The lowest BCUT2D eigenvalue weighted by Gasteiger charge is -2.18. The number of carbonyl (C=O) groups is 2. The van der Waals surface area contributed by atoms with Crippen molar-refractivity contribution in [1.29, 1.82) is 0 Å². The molecule has 0 heterocycles. The lowest BCUT2D eigenvalue weighted by atomic mass is 10.1. The first-order chi connectivity index (χ1) is 15.6. The minimum absolute atomic E-state index is 0.00144. The minimum Gasteiger partial charge on any atom is -0.493 e. The Balaban J connectivity index is 2.29. The maximum absolute atomic E-state index is 12.8. The Morgan fingerprint density at radius 2 is 1.36 bits per heavy atom. The summed E-state index contributed by atoms with van der Waals surface area (Å²) in [6.07, 6.45) is 0. The van der Waals surface area contributed by atoms with Gasteiger partial charge in [-0.2, -0.15) is 4.72 Å². The molecule has 12 heteroatoms. The van der Waals surface area contributed by atoms with Gasteiger partial charge in [0.25, 0.3) is 0 Å². The Morgan fingerprint density at radius 1 is 0.818 bits per heavy atom. The normalized spacial score (nSPS) is 11.8. The second-order valence-corrected chi connectivity index (χ2v) is 8.31. The average molecular weight is 483 g/mol. The standard InChI is InChI=1S/C21H26N2O9S/c1-12(23-33(26,27)13-7-8-16(28-2)17(9-13)29-3)20(24)22-15-11-19(31-5)18(30-4)10-14(15)21(25)32-6/h7-12,23H,1-6H3,(H,22,24)/t12-/m1/s1. The number of hydrogen-bond acceptors (Lipinski definition) is 9. The highest BCUT2D eigenvalue weighted by Gasteiger charge is 2.25. The molecule has 0 aliphatic heterocycles. The number of sulfonamides is 1. The van der Waals surface area contributed by atoms with Gasteiger partial charge in [-0.15, -0.1) is 0 Å². The topological polar surface area (TPSA) is 138 Å². The van der Waals surface area contributed by atoms with Crippen LogP contribution < -0.4 is 29.0 Å². The summed E-state index contributed by atoms with van der Waals surface area (Å²) in [6.45, 7) is 1.35. The molecular weight excluding hydrogens is 456 g/mol. The molecule has 0 saturated carbocycles. The van der Waals surface area contributed by atoms with E-state index in [1.165, 1.54) is 72.8 Å². The summed E-state index contributed by atoms with van der Waals surface area (Å²) in [5.74, 6) is -0.394. The number of benzene rings is 2. The number of ether oxygens (including phenoxy) is 5. The molecule has 180 valence electrons. The largest absolute Gasteiger partial charge is 0.493 e. The van der Waals surface area contributed by atoms with Crippen LogP contribution in [-0.4, -0.2) is 61.9 Å². The molecule has 11 nitrogen and oxygen atoms in total. The lowest BCUT2D eigenvalue weighted by Crippen LogP contribution is -2.41. The van der Waals surface area contributed by atoms with Crippen molar-refractivity contribution in [2.45, 2.75) is 17.9 Å². The Morgan fingerprint density at radius 3 is 1.91 bits per heavy atom. The van der Waals surface area contributed by atoms with E-state index < -0.39 is 27.9 Å². The minimum atomic E-state index is -4.09. The summed E-state index contributed by atoms with van der Waals surface area (Å²) in [5, 5.41) is 2.52. The number of anilines is 1. The number of hydrogen-bond donors (Lipinski definition) is 2. The van der Waals surface area contributed by atoms with E-state index in [1.54, 1.807) is 0 Å². The molecule has 1 amide bonds. The SMILES string of the molecule is COC(=O)c1cc(OC)c(OC)cc1NC(=O)[C@@H](C)NS(=O)(=O)c1ccc(OC)c(OC)c1. The number of esters is 1. The van der Waals surface area contributed by atoms with Gasteiger partial charge in [-0.05, 0) is 19.1 Å². The van der Waals surface area contributed by atoms with E-state index in [-0.39, 0.29) is 33.4 Å². The quantitative estimate of drug-likeness (QED) is 0.486. The molecule has 1 atom stereocenters. The van der Waals surface area contributed by atoms with Crippen molar-refractivity contribution in [3.8, 4) is 23.0 Å². The predicted octanol–water partition coefficient (Wildman–Crippen LogP) is 1.81. The molecule has 0 spiro atoms. The maximum Gasteiger partial charge on any atom is 0.340 e. The summed E-state index contributed by atoms with van der Waals surface area (Å²) in [4.78, 5) is 24.8. The van der Waals surface area contributed by atoms with Gasteiger partial charge >= 0.3 is 5.97 Å². The van der Waals surface area contributed by atoms with Crippen molar-refractivity contribution in [3.63, 3.8) is 0 Å². The highest BCUT2D eigenvalue weighted by molar-refractivity contribution is 7.89. The third-order valence-corrected chi connectivity index (χ3v) is 6.12. The molecule has 2 aromatic carbocycles. The third-order valence-electron chi connectivity index (χ3n) is 4.58.